The monoisotopic (exact) mass is 293 g/mol. The molecule has 22 heavy (non-hydrogen) atoms. The van der Waals surface area contributed by atoms with Gasteiger partial charge in [-0.15, -0.1) is 0 Å². The largest absolute Gasteiger partial charge is 0.325 e. The summed E-state index contributed by atoms with van der Waals surface area (Å²) in [6.45, 7) is 0. The van der Waals surface area contributed by atoms with E-state index >= 15 is 0 Å². The van der Waals surface area contributed by atoms with Crippen LogP contribution in [0.4, 0.5) is 10.1 Å². The second kappa shape index (κ2) is 3.74. The van der Waals surface area contributed by atoms with Gasteiger partial charge in [0, 0.05) is 17.0 Å². The smallest absolute Gasteiger partial charge is 0.235 e. The average Bonchev–Trinajstić information content (AvgIpc) is 2.99. The molecule has 2 heterocycles. The van der Waals surface area contributed by atoms with E-state index in [1.54, 1.807) is 12.3 Å². The van der Waals surface area contributed by atoms with Crippen molar-refractivity contribution in [2.75, 3.05) is 5.32 Å². The first-order valence-electron chi connectivity index (χ1n) is 7.23. The standard InChI is InChI=1S/C17H12FN3O/c18-11-3-4-14-12(6-11)17(16(22)20-14)7-13(17)9-1-2-10-8-19-21-15(10)5-9/h1-6,8,13H,7H2,(H,19,21)(H,20,22)/t13-,17-/m0/s1. The predicted octanol–water partition coefficient (Wildman–Crippen LogP) is 3.08. The van der Waals surface area contributed by atoms with E-state index in [-0.39, 0.29) is 17.6 Å². The molecule has 1 aliphatic carbocycles. The molecule has 1 spiro atoms. The van der Waals surface area contributed by atoms with Crippen LogP contribution in [-0.2, 0) is 10.2 Å². The Labute approximate surface area is 125 Å². The average molecular weight is 293 g/mol. The highest BCUT2D eigenvalue weighted by Gasteiger charge is 2.65. The zero-order valence-electron chi connectivity index (χ0n) is 11.6. The maximum Gasteiger partial charge on any atom is 0.235 e. The van der Waals surface area contributed by atoms with E-state index in [1.807, 2.05) is 18.2 Å². The number of hydrogen-bond acceptors (Lipinski definition) is 2. The van der Waals surface area contributed by atoms with Crippen LogP contribution in [0.1, 0.15) is 23.5 Å². The van der Waals surface area contributed by atoms with E-state index in [1.165, 1.54) is 12.1 Å². The van der Waals surface area contributed by atoms with E-state index in [0.29, 0.717) is 0 Å². The Morgan fingerprint density at radius 2 is 2.14 bits per heavy atom. The van der Waals surface area contributed by atoms with Crippen molar-refractivity contribution in [2.45, 2.75) is 17.8 Å². The van der Waals surface area contributed by atoms with Gasteiger partial charge in [-0.2, -0.15) is 5.10 Å². The van der Waals surface area contributed by atoms with Gasteiger partial charge in [-0.1, -0.05) is 12.1 Å². The van der Waals surface area contributed by atoms with Crippen LogP contribution in [-0.4, -0.2) is 16.1 Å². The van der Waals surface area contributed by atoms with E-state index in [4.69, 9.17) is 0 Å². The highest BCUT2D eigenvalue weighted by Crippen LogP contribution is 2.65. The minimum absolute atomic E-state index is 0.0252. The van der Waals surface area contributed by atoms with Gasteiger partial charge < -0.3 is 5.32 Å². The van der Waals surface area contributed by atoms with Gasteiger partial charge in [0.25, 0.3) is 0 Å². The quantitative estimate of drug-likeness (QED) is 0.724. The number of nitrogens with zero attached hydrogens (tertiary/aromatic N) is 1. The first kappa shape index (κ1) is 11.9. The number of fused-ring (bicyclic) bond motifs is 3. The molecule has 2 N–H and O–H groups in total. The molecule has 0 unspecified atom stereocenters. The normalized spacial score (nSPS) is 25.5. The van der Waals surface area contributed by atoms with Gasteiger partial charge in [0.1, 0.15) is 5.82 Å². The van der Waals surface area contributed by atoms with Crippen molar-refractivity contribution in [1.82, 2.24) is 10.2 Å². The third-order valence-electron chi connectivity index (χ3n) is 4.94. The number of rotatable bonds is 1. The topological polar surface area (TPSA) is 57.8 Å². The summed E-state index contributed by atoms with van der Waals surface area (Å²) in [6, 6.07) is 10.6. The molecule has 1 saturated carbocycles. The number of nitrogens with one attached hydrogen (secondary N) is 2. The minimum Gasteiger partial charge on any atom is -0.325 e. The predicted molar refractivity (Wildman–Crippen MR) is 80.2 cm³/mol. The molecule has 0 radical (unpaired) electrons. The summed E-state index contributed by atoms with van der Waals surface area (Å²) < 4.78 is 13.6. The number of amides is 1. The summed E-state index contributed by atoms with van der Waals surface area (Å²) >= 11 is 0. The first-order chi connectivity index (χ1) is 10.7. The maximum atomic E-state index is 13.6. The Kier molecular flexibility index (Phi) is 2.02. The fraction of sp³-hybridized carbons (Fsp3) is 0.176. The highest BCUT2D eigenvalue weighted by atomic mass is 19.1. The van der Waals surface area contributed by atoms with E-state index < -0.39 is 5.41 Å². The third kappa shape index (κ3) is 1.35. The van der Waals surface area contributed by atoms with Crippen LogP contribution < -0.4 is 5.32 Å². The number of aromatic nitrogens is 2. The lowest BCUT2D eigenvalue weighted by Crippen LogP contribution is -2.21. The molecule has 5 rings (SSSR count). The van der Waals surface area contributed by atoms with Crippen LogP contribution in [0.2, 0.25) is 0 Å². The molecule has 108 valence electrons. The number of H-pyrrole nitrogens is 1. The SMILES string of the molecule is O=C1Nc2ccc(F)cc2[C@]12C[C@H]2c1ccc2cn[nH]c2c1. The maximum absolute atomic E-state index is 13.6. The molecule has 2 aliphatic rings. The Morgan fingerprint density at radius 1 is 1.23 bits per heavy atom. The molecule has 0 saturated heterocycles. The van der Waals surface area contributed by atoms with Gasteiger partial charge in [0.05, 0.1) is 17.1 Å². The Balaban J connectivity index is 1.63. The molecular formula is C17H12FN3O. The van der Waals surface area contributed by atoms with Gasteiger partial charge in [-0.25, -0.2) is 4.39 Å². The summed E-state index contributed by atoms with van der Waals surface area (Å²) in [4.78, 5) is 12.5. The van der Waals surface area contributed by atoms with E-state index in [9.17, 15) is 9.18 Å². The van der Waals surface area contributed by atoms with Crippen molar-refractivity contribution >= 4 is 22.5 Å². The molecule has 1 aromatic heterocycles. The van der Waals surface area contributed by atoms with E-state index in [0.717, 1.165) is 34.1 Å². The van der Waals surface area contributed by atoms with Crippen LogP contribution >= 0.6 is 0 Å². The highest BCUT2D eigenvalue weighted by molar-refractivity contribution is 6.09. The van der Waals surface area contributed by atoms with Crippen molar-refractivity contribution in [3.05, 3.63) is 59.5 Å². The molecule has 0 bridgehead atoms. The lowest BCUT2D eigenvalue weighted by Gasteiger charge is -2.09. The number of carbonyl (C=O) groups is 1. The zero-order valence-corrected chi connectivity index (χ0v) is 11.6. The summed E-state index contributed by atoms with van der Waals surface area (Å²) in [5.74, 6) is -0.240. The number of benzene rings is 2. The van der Waals surface area contributed by atoms with Crippen molar-refractivity contribution in [3.63, 3.8) is 0 Å². The summed E-state index contributed by atoms with van der Waals surface area (Å²) in [6.07, 6.45) is 2.49. The van der Waals surface area contributed by atoms with Crippen LogP contribution in [0.5, 0.6) is 0 Å². The van der Waals surface area contributed by atoms with Crippen molar-refractivity contribution in [3.8, 4) is 0 Å². The van der Waals surface area contributed by atoms with Crippen LogP contribution in [0.15, 0.2) is 42.6 Å². The molecule has 1 aliphatic heterocycles. The first-order valence-corrected chi connectivity index (χ1v) is 7.23. The second-order valence-electron chi connectivity index (χ2n) is 6.09. The minimum atomic E-state index is -0.606. The second-order valence-corrected chi connectivity index (χ2v) is 6.09. The number of anilines is 1. The molecule has 2 atom stereocenters. The third-order valence-corrected chi connectivity index (χ3v) is 4.94. The van der Waals surface area contributed by atoms with Gasteiger partial charge in [0.2, 0.25) is 5.91 Å². The molecule has 4 nitrogen and oxygen atoms in total. The Bertz CT molecular complexity index is 948. The molecule has 2 aromatic carbocycles. The van der Waals surface area contributed by atoms with Gasteiger partial charge in [-0.3, -0.25) is 9.89 Å². The van der Waals surface area contributed by atoms with Gasteiger partial charge in [0.15, 0.2) is 0 Å². The molecular weight excluding hydrogens is 281 g/mol. The Hall–Kier alpha value is -2.69. The number of hydrogen-bond donors (Lipinski definition) is 2. The number of carbonyl (C=O) groups excluding carboxylic acids is 1. The summed E-state index contributed by atoms with van der Waals surface area (Å²) in [5, 5.41) is 10.9. The fourth-order valence-electron chi connectivity index (χ4n) is 3.74. The lowest BCUT2D eigenvalue weighted by atomic mass is 9.92. The van der Waals surface area contributed by atoms with Crippen LogP contribution in [0.25, 0.3) is 10.9 Å². The summed E-state index contributed by atoms with van der Waals surface area (Å²) in [5.41, 5.74) is 2.95. The molecule has 1 fully saturated rings. The molecule has 3 aromatic rings. The fourth-order valence-corrected chi connectivity index (χ4v) is 3.74. The Morgan fingerprint density at radius 3 is 3.05 bits per heavy atom. The van der Waals surface area contributed by atoms with E-state index in [2.05, 4.69) is 15.5 Å². The van der Waals surface area contributed by atoms with Crippen molar-refractivity contribution in [1.29, 1.82) is 0 Å². The van der Waals surface area contributed by atoms with Crippen LogP contribution in [0.3, 0.4) is 0 Å². The van der Waals surface area contributed by atoms with Gasteiger partial charge >= 0.3 is 0 Å². The summed E-state index contributed by atoms with van der Waals surface area (Å²) in [7, 11) is 0. The molecule has 1 amide bonds. The number of halogens is 1. The zero-order chi connectivity index (χ0) is 14.9. The van der Waals surface area contributed by atoms with Crippen molar-refractivity contribution in [2.24, 2.45) is 0 Å². The van der Waals surface area contributed by atoms with Crippen molar-refractivity contribution < 1.29 is 9.18 Å². The molecule has 5 heteroatoms. The van der Waals surface area contributed by atoms with Gasteiger partial charge in [-0.05, 0) is 41.8 Å². The number of aromatic amines is 1. The van der Waals surface area contributed by atoms with Crippen LogP contribution in [0, 0.1) is 5.82 Å². The lowest BCUT2D eigenvalue weighted by molar-refractivity contribution is -0.118.